The summed E-state index contributed by atoms with van der Waals surface area (Å²) >= 11 is 1.04. The molecule has 1 aromatic heterocycles. The van der Waals surface area contributed by atoms with Gasteiger partial charge in [0, 0.05) is 25.0 Å². The Hall–Kier alpha value is -3.55. The zero-order valence-corrected chi connectivity index (χ0v) is 18.4. The number of urea groups is 1. The number of amides is 3. The lowest BCUT2D eigenvalue weighted by Crippen LogP contribution is -2.54. The first kappa shape index (κ1) is 21.7. The van der Waals surface area contributed by atoms with Crippen LogP contribution in [0.15, 0.2) is 58.9 Å². The molecular weight excluding hydrogens is 454 g/mol. The van der Waals surface area contributed by atoms with Crippen LogP contribution in [0.5, 0.6) is 0 Å². The summed E-state index contributed by atoms with van der Waals surface area (Å²) in [4.78, 5) is 26.7. The molecule has 0 spiro atoms. The highest BCUT2D eigenvalue weighted by Gasteiger charge is 2.28. The number of para-hydroxylation sites is 1. The van der Waals surface area contributed by atoms with Crippen LogP contribution < -0.4 is 25.6 Å². The summed E-state index contributed by atoms with van der Waals surface area (Å²) < 4.78 is 27.4. The fourth-order valence-electron chi connectivity index (χ4n) is 3.14. The van der Waals surface area contributed by atoms with Crippen LogP contribution in [0.2, 0.25) is 0 Å². The summed E-state index contributed by atoms with van der Waals surface area (Å²) in [5.74, 6) is -0.331. The van der Waals surface area contributed by atoms with Gasteiger partial charge in [0.1, 0.15) is 5.51 Å². The molecule has 0 radical (unpaired) electrons. The quantitative estimate of drug-likeness (QED) is 0.440. The highest BCUT2D eigenvalue weighted by molar-refractivity contribution is 7.93. The summed E-state index contributed by atoms with van der Waals surface area (Å²) in [6.07, 6.45) is -0.960. The molecule has 2 aromatic carbocycles. The Labute approximate surface area is 187 Å². The van der Waals surface area contributed by atoms with Crippen molar-refractivity contribution in [1.82, 2.24) is 20.8 Å². The third kappa shape index (κ3) is 4.69. The Morgan fingerprint density at radius 1 is 1.22 bits per heavy atom. The molecule has 0 aliphatic carbocycles. The third-order valence-electron chi connectivity index (χ3n) is 4.69. The highest BCUT2D eigenvalue weighted by atomic mass is 32.2. The minimum Gasteiger partial charge on any atom is -0.314 e. The lowest BCUT2D eigenvalue weighted by Gasteiger charge is -2.22. The second-order valence-electron chi connectivity index (χ2n) is 6.82. The number of hydrogen-bond donors (Lipinski definition) is 4. The van der Waals surface area contributed by atoms with E-state index in [0.717, 1.165) is 22.6 Å². The number of aromatic nitrogens is 2. The number of anilines is 3. The van der Waals surface area contributed by atoms with E-state index in [1.54, 1.807) is 7.05 Å². The lowest BCUT2D eigenvalue weighted by atomic mass is 10.1. The van der Waals surface area contributed by atoms with E-state index in [1.165, 1.54) is 34.7 Å². The molecule has 32 heavy (non-hydrogen) atoms. The maximum Gasteiger partial charge on any atom is 0.320 e. The fourth-order valence-corrected chi connectivity index (χ4v) is 4.88. The summed E-state index contributed by atoms with van der Waals surface area (Å²) in [6, 6.07) is 12.5. The molecule has 3 aromatic rings. The fraction of sp³-hybridized carbons (Fsp3) is 0.158. The van der Waals surface area contributed by atoms with Gasteiger partial charge in [-0.2, -0.15) is 0 Å². The number of sulfonamides is 1. The normalized spacial score (nSPS) is 16.1. The topological polar surface area (TPSA) is 145 Å². The molecule has 0 bridgehead atoms. The second-order valence-corrected chi connectivity index (χ2v) is 9.33. The Bertz CT molecular complexity index is 1250. The first-order valence-electron chi connectivity index (χ1n) is 9.39. The summed E-state index contributed by atoms with van der Waals surface area (Å²) in [5.41, 5.74) is 3.32. The van der Waals surface area contributed by atoms with Gasteiger partial charge in [0.2, 0.25) is 5.13 Å². The minimum absolute atomic E-state index is 0.0654. The van der Waals surface area contributed by atoms with E-state index in [-0.39, 0.29) is 21.6 Å². The van der Waals surface area contributed by atoms with Crippen molar-refractivity contribution in [2.75, 3.05) is 22.0 Å². The van der Waals surface area contributed by atoms with Crippen LogP contribution in [0.25, 0.3) is 0 Å². The Balaban J connectivity index is 1.43. The van der Waals surface area contributed by atoms with E-state index in [4.69, 9.17) is 0 Å². The second kappa shape index (κ2) is 8.90. The maximum atomic E-state index is 12.8. The Morgan fingerprint density at radius 2 is 2.03 bits per heavy atom. The first-order chi connectivity index (χ1) is 15.3. The predicted molar refractivity (Wildman–Crippen MR) is 120 cm³/mol. The summed E-state index contributed by atoms with van der Waals surface area (Å²) in [5, 5.41) is 15.5. The number of carbonyl (C=O) groups excluding carboxylic acids is 2. The molecule has 0 saturated carbocycles. The molecule has 0 saturated heterocycles. The number of fused-ring (bicyclic) bond motifs is 1. The van der Waals surface area contributed by atoms with Crippen molar-refractivity contribution < 1.29 is 18.0 Å². The van der Waals surface area contributed by atoms with Crippen LogP contribution >= 0.6 is 11.3 Å². The van der Waals surface area contributed by atoms with Gasteiger partial charge in [0.05, 0.1) is 4.90 Å². The van der Waals surface area contributed by atoms with Gasteiger partial charge in [0.15, 0.2) is 6.17 Å². The van der Waals surface area contributed by atoms with Gasteiger partial charge in [-0.05, 0) is 29.8 Å². The van der Waals surface area contributed by atoms with Gasteiger partial charge in [0.25, 0.3) is 15.9 Å². The van der Waals surface area contributed by atoms with E-state index in [0.29, 0.717) is 6.54 Å². The van der Waals surface area contributed by atoms with Crippen LogP contribution in [-0.4, -0.2) is 43.8 Å². The predicted octanol–water partition coefficient (Wildman–Crippen LogP) is 1.55. The van der Waals surface area contributed by atoms with Crippen LogP contribution in [0.3, 0.4) is 0 Å². The van der Waals surface area contributed by atoms with Crippen molar-refractivity contribution in [3.8, 4) is 0 Å². The lowest BCUT2D eigenvalue weighted by molar-refractivity contribution is -0.120. The molecule has 1 aliphatic rings. The molecule has 11 nitrogen and oxygen atoms in total. The van der Waals surface area contributed by atoms with Gasteiger partial charge in [-0.3, -0.25) is 14.8 Å². The van der Waals surface area contributed by atoms with Crippen molar-refractivity contribution in [2.45, 2.75) is 17.6 Å². The Morgan fingerprint density at radius 3 is 2.81 bits per heavy atom. The van der Waals surface area contributed by atoms with Crippen molar-refractivity contribution in [3.63, 3.8) is 0 Å². The molecule has 13 heteroatoms. The third-order valence-corrected chi connectivity index (χ3v) is 6.76. The van der Waals surface area contributed by atoms with E-state index >= 15 is 0 Å². The molecule has 1 unspecified atom stereocenters. The number of benzene rings is 2. The number of nitrogens with one attached hydrogen (secondary N) is 4. The Kier molecular flexibility index (Phi) is 6.03. The van der Waals surface area contributed by atoms with Crippen molar-refractivity contribution in [1.29, 1.82) is 0 Å². The first-order valence-corrected chi connectivity index (χ1v) is 11.8. The molecule has 3 amide bonds. The monoisotopic (exact) mass is 473 g/mol. The van der Waals surface area contributed by atoms with Gasteiger partial charge in [-0.25, -0.2) is 13.2 Å². The molecule has 0 fully saturated rings. The average Bonchev–Trinajstić information content (AvgIpc) is 3.24. The van der Waals surface area contributed by atoms with Crippen molar-refractivity contribution in [2.24, 2.45) is 0 Å². The largest absolute Gasteiger partial charge is 0.320 e. The summed E-state index contributed by atoms with van der Waals surface area (Å²) in [7, 11) is -2.27. The maximum absolute atomic E-state index is 12.8. The molecular formula is C19H19N7O4S2. The van der Waals surface area contributed by atoms with E-state index in [2.05, 4.69) is 30.9 Å². The molecule has 4 N–H and O–H groups in total. The van der Waals surface area contributed by atoms with Crippen molar-refractivity contribution >= 4 is 49.8 Å². The van der Waals surface area contributed by atoms with Gasteiger partial charge < -0.3 is 15.5 Å². The number of nitrogens with zero attached hydrogens (tertiary/aromatic N) is 3. The number of hydrogen-bond acceptors (Lipinski definition) is 8. The zero-order chi connectivity index (χ0) is 22.7. The van der Waals surface area contributed by atoms with Crippen molar-refractivity contribution in [3.05, 3.63) is 59.6 Å². The standard InChI is InChI=1S/C19H19N7O4S2/c1-26-15-8-3-2-5-12(15)10-20-16(17(26)27)23-18(28)22-13-6-4-7-14(9-13)32(29,30)25-19-24-21-11-31-19/h2-9,11,16,20H,10H2,1H3,(H,24,25)(H2,22,23,28). The number of likely N-dealkylation sites (N-methyl/N-ethyl adjacent to an activating group) is 1. The smallest absolute Gasteiger partial charge is 0.314 e. The van der Waals surface area contributed by atoms with Gasteiger partial charge >= 0.3 is 6.03 Å². The molecule has 1 aliphatic heterocycles. The molecule has 1 atom stereocenters. The van der Waals surface area contributed by atoms with Crippen LogP contribution in [0, 0.1) is 0 Å². The van der Waals surface area contributed by atoms with Gasteiger partial charge in [-0.15, -0.1) is 10.2 Å². The molecule has 166 valence electrons. The number of rotatable bonds is 5. The van der Waals surface area contributed by atoms with Crippen LogP contribution in [0.1, 0.15) is 5.56 Å². The zero-order valence-electron chi connectivity index (χ0n) is 16.8. The van der Waals surface area contributed by atoms with Crippen LogP contribution in [-0.2, 0) is 21.4 Å². The van der Waals surface area contributed by atoms with Crippen LogP contribution in [0.4, 0.5) is 21.3 Å². The molecule has 2 heterocycles. The number of carbonyl (C=O) groups is 2. The van der Waals surface area contributed by atoms with Gasteiger partial charge in [-0.1, -0.05) is 35.6 Å². The van der Waals surface area contributed by atoms with E-state index in [9.17, 15) is 18.0 Å². The average molecular weight is 474 g/mol. The van der Waals surface area contributed by atoms with E-state index in [1.807, 2.05) is 24.3 Å². The summed E-state index contributed by atoms with van der Waals surface area (Å²) in [6.45, 7) is 0.391. The highest BCUT2D eigenvalue weighted by Crippen LogP contribution is 2.22. The SMILES string of the molecule is CN1C(=O)C(NC(=O)Nc2cccc(S(=O)(=O)Nc3nncs3)c2)NCc2ccccc21. The van der Waals surface area contributed by atoms with E-state index < -0.39 is 22.2 Å². The minimum atomic E-state index is -3.91. The molecule has 4 rings (SSSR count).